The Balaban J connectivity index is 0.00000484. The van der Waals surface area contributed by atoms with Crippen molar-refractivity contribution in [2.45, 2.75) is 25.8 Å². The second-order valence-electron chi connectivity index (χ2n) is 5.08. The van der Waals surface area contributed by atoms with E-state index in [4.69, 9.17) is 19.9 Å². The van der Waals surface area contributed by atoms with Crippen molar-refractivity contribution in [2.75, 3.05) is 34.9 Å². The van der Waals surface area contributed by atoms with Gasteiger partial charge in [0.25, 0.3) is 0 Å². The van der Waals surface area contributed by atoms with Crippen LogP contribution in [-0.2, 0) is 11.2 Å². The average molecular weight is 347 g/mol. The zero-order valence-electron chi connectivity index (χ0n) is 14.4. The SMILES string of the molecule is COc1ccc(CCC(=O)N(C)C(C)CN)c(OC)c1OC.Cl. The zero-order valence-corrected chi connectivity index (χ0v) is 15.2. The summed E-state index contributed by atoms with van der Waals surface area (Å²) < 4.78 is 16.0. The number of carbonyl (C=O) groups is 1. The van der Waals surface area contributed by atoms with Gasteiger partial charge in [0.15, 0.2) is 11.5 Å². The van der Waals surface area contributed by atoms with Crippen molar-refractivity contribution >= 4 is 18.3 Å². The highest BCUT2D eigenvalue weighted by Crippen LogP contribution is 2.40. The van der Waals surface area contributed by atoms with Crippen LogP contribution in [0.3, 0.4) is 0 Å². The summed E-state index contributed by atoms with van der Waals surface area (Å²) in [6, 6.07) is 3.73. The maximum absolute atomic E-state index is 12.2. The molecule has 0 saturated carbocycles. The summed E-state index contributed by atoms with van der Waals surface area (Å²) in [5.74, 6) is 1.79. The van der Waals surface area contributed by atoms with Gasteiger partial charge in [-0.25, -0.2) is 0 Å². The Labute approximate surface area is 144 Å². The van der Waals surface area contributed by atoms with Gasteiger partial charge in [-0.3, -0.25) is 4.79 Å². The first-order chi connectivity index (χ1) is 10.5. The number of benzene rings is 1. The molecule has 7 heteroatoms. The van der Waals surface area contributed by atoms with E-state index in [0.29, 0.717) is 36.6 Å². The van der Waals surface area contributed by atoms with Crippen LogP contribution in [0.5, 0.6) is 17.2 Å². The Morgan fingerprint density at radius 3 is 2.26 bits per heavy atom. The summed E-state index contributed by atoms with van der Waals surface area (Å²) in [6.07, 6.45) is 0.941. The molecule has 0 bridgehead atoms. The van der Waals surface area contributed by atoms with Gasteiger partial charge in [-0.2, -0.15) is 0 Å². The quantitative estimate of drug-likeness (QED) is 0.777. The standard InChI is InChI=1S/C16H26N2O4.ClH/c1-11(10-17)18(2)14(19)9-7-12-6-8-13(20-3)16(22-5)15(12)21-4;/h6,8,11H,7,9-10,17H2,1-5H3;1H. The van der Waals surface area contributed by atoms with Crippen LogP contribution in [0.4, 0.5) is 0 Å². The number of carbonyl (C=O) groups excluding carboxylic acids is 1. The monoisotopic (exact) mass is 346 g/mol. The molecular weight excluding hydrogens is 320 g/mol. The van der Waals surface area contributed by atoms with Gasteiger partial charge in [-0.15, -0.1) is 12.4 Å². The van der Waals surface area contributed by atoms with Gasteiger partial charge in [0.1, 0.15) is 0 Å². The number of likely N-dealkylation sites (N-methyl/N-ethyl adjacent to an activating group) is 1. The van der Waals surface area contributed by atoms with E-state index < -0.39 is 0 Å². The Morgan fingerprint density at radius 2 is 1.78 bits per heavy atom. The highest BCUT2D eigenvalue weighted by molar-refractivity contribution is 5.85. The summed E-state index contributed by atoms with van der Waals surface area (Å²) in [6.45, 7) is 2.37. The number of aryl methyl sites for hydroxylation is 1. The molecule has 0 radical (unpaired) electrons. The second kappa shape index (κ2) is 10.2. The fourth-order valence-electron chi connectivity index (χ4n) is 2.18. The van der Waals surface area contributed by atoms with Gasteiger partial charge in [0, 0.05) is 26.1 Å². The van der Waals surface area contributed by atoms with Crippen molar-refractivity contribution < 1.29 is 19.0 Å². The molecular formula is C16H27ClN2O4. The van der Waals surface area contributed by atoms with Crippen LogP contribution in [0.25, 0.3) is 0 Å². The first kappa shape index (κ1) is 21.3. The van der Waals surface area contributed by atoms with E-state index in [1.807, 2.05) is 19.1 Å². The molecule has 6 nitrogen and oxygen atoms in total. The van der Waals surface area contributed by atoms with Crippen LogP contribution in [-0.4, -0.2) is 51.8 Å². The summed E-state index contributed by atoms with van der Waals surface area (Å²) >= 11 is 0. The van der Waals surface area contributed by atoms with E-state index in [1.54, 1.807) is 33.3 Å². The van der Waals surface area contributed by atoms with Crippen LogP contribution >= 0.6 is 12.4 Å². The summed E-state index contributed by atoms with van der Waals surface area (Å²) in [5.41, 5.74) is 6.49. The van der Waals surface area contributed by atoms with Gasteiger partial charge < -0.3 is 24.8 Å². The maximum Gasteiger partial charge on any atom is 0.222 e. The number of amides is 1. The van der Waals surface area contributed by atoms with E-state index in [0.717, 1.165) is 5.56 Å². The number of halogens is 1. The molecule has 132 valence electrons. The molecule has 1 unspecified atom stereocenters. The van der Waals surface area contributed by atoms with Crippen molar-refractivity contribution in [2.24, 2.45) is 5.73 Å². The number of ether oxygens (including phenoxy) is 3. The minimum absolute atomic E-state index is 0. The Kier molecular flexibility index (Phi) is 9.44. The third kappa shape index (κ3) is 5.18. The fraction of sp³-hybridized carbons (Fsp3) is 0.562. The van der Waals surface area contributed by atoms with Crippen molar-refractivity contribution in [1.29, 1.82) is 0 Å². The van der Waals surface area contributed by atoms with Crippen LogP contribution in [0.2, 0.25) is 0 Å². The number of nitrogens with zero attached hydrogens (tertiary/aromatic N) is 1. The Hall–Kier alpha value is -1.66. The third-order valence-corrected chi connectivity index (χ3v) is 3.79. The van der Waals surface area contributed by atoms with Crippen molar-refractivity contribution in [1.82, 2.24) is 4.90 Å². The number of nitrogens with two attached hydrogens (primary N) is 1. The van der Waals surface area contributed by atoms with Crippen LogP contribution in [0, 0.1) is 0 Å². The molecule has 1 amide bonds. The van der Waals surface area contributed by atoms with Gasteiger partial charge in [-0.1, -0.05) is 6.07 Å². The fourth-order valence-corrected chi connectivity index (χ4v) is 2.18. The normalized spacial score (nSPS) is 11.2. The zero-order chi connectivity index (χ0) is 16.7. The van der Waals surface area contributed by atoms with Crippen molar-refractivity contribution in [3.05, 3.63) is 17.7 Å². The molecule has 1 rings (SSSR count). The first-order valence-electron chi connectivity index (χ1n) is 7.23. The summed E-state index contributed by atoms with van der Waals surface area (Å²) in [5, 5.41) is 0. The number of hydrogen-bond acceptors (Lipinski definition) is 5. The lowest BCUT2D eigenvalue weighted by Gasteiger charge is -2.24. The average Bonchev–Trinajstić information content (AvgIpc) is 2.56. The lowest BCUT2D eigenvalue weighted by Crippen LogP contribution is -2.39. The van der Waals surface area contributed by atoms with Crippen molar-refractivity contribution in [3.63, 3.8) is 0 Å². The second-order valence-corrected chi connectivity index (χ2v) is 5.08. The highest BCUT2D eigenvalue weighted by atomic mass is 35.5. The number of methoxy groups -OCH3 is 3. The van der Waals surface area contributed by atoms with Gasteiger partial charge in [0.2, 0.25) is 11.7 Å². The summed E-state index contributed by atoms with van der Waals surface area (Å²) in [4.78, 5) is 13.8. The minimum Gasteiger partial charge on any atom is -0.493 e. The Bertz CT molecular complexity index is 511. The first-order valence-corrected chi connectivity index (χ1v) is 7.23. The molecule has 1 aromatic carbocycles. The predicted molar refractivity (Wildman–Crippen MR) is 93.0 cm³/mol. The van der Waals surface area contributed by atoms with E-state index in [2.05, 4.69) is 0 Å². The smallest absolute Gasteiger partial charge is 0.222 e. The Morgan fingerprint density at radius 1 is 1.17 bits per heavy atom. The third-order valence-electron chi connectivity index (χ3n) is 3.79. The van der Waals surface area contributed by atoms with Crippen molar-refractivity contribution in [3.8, 4) is 17.2 Å². The topological polar surface area (TPSA) is 74.0 Å². The molecule has 0 aromatic heterocycles. The molecule has 1 aromatic rings. The number of hydrogen-bond donors (Lipinski definition) is 1. The molecule has 0 aliphatic carbocycles. The molecule has 0 fully saturated rings. The summed E-state index contributed by atoms with van der Waals surface area (Å²) in [7, 11) is 6.48. The largest absolute Gasteiger partial charge is 0.493 e. The molecule has 0 heterocycles. The molecule has 23 heavy (non-hydrogen) atoms. The van der Waals surface area contributed by atoms with Crippen LogP contribution in [0.1, 0.15) is 18.9 Å². The van der Waals surface area contributed by atoms with E-state index >= 15 is 0 Å². The maximum atomic E-state index is 12.2. The van der Waals surface area contributed by atoms with Gasteiger partial charge in [0.05, 0.1) is 21.3 Å². The molecule has 2 N–H and O–H groups in total. The molecule has 0 saturated heterocycles. The van der Waals surface area contributed by atoms with Crippen LogP contribution in [0.15, 0.2) is 12.1 Å². The van der Waals surface area contributed by atoms with Gasteiger partial charge in [-0.05, 0) is 25.0 Å². The molecule has 0 spiro atoms. The molecule has 1 atom stereocenters. The van der Waals surface area contributed by atoms with Gasteiger partial charge >= 0.3 is 0 Å². The van der Waals surface area contributed by atoms with E-state index in [1.165, 1.54) is 0 Å². The lowest BCUT2D eigenvalue weighted by atomic mass is 10.1. The van der Waals surface area contributed by atoms with E-state index in [-0.39, 0.29) is 24.4 Å². The predicted octanol–water partition coefficient (Wildman–Crippen LogP) is 1.87. The molecule has 0 aliphatic heterocycles. The minimum atomic E-state index is 0. The van der Waals surface area contributed by atoms with Crippen LogP contribution < -0.4 is 19.9 Å². The number of rotatable bonds is 8. The highest BCUT2D eigenvalue weighted by Gasteiger charge is 2.18. The van der Waals surface area contributed by atoms with E-state index in [9.17, 15) is 4.79 Å². The molecule has 0 aliphatic rings. The lowest BCUT2D eigenvalue weighted by molar-refractivity contribution is -0.131.